The molecule has 0 fully saturated rings. The van der Waals surface area contributed by atoms with Crippen molar-refractivity contribution in [2.45, 2.75) is 46.5 Å². The molecule has 146 valence electrons. The Morgan fingerprint density at radius 2 is 1.64 bits per heavy atom. The molecule has 1 atom stereocenters. The van der Waals surface area contributed by atoms with Crippen molar-refractivity contribution in [1.29, 1.82) is 0 Å². The third kappa shape index (κ3) is 4.44. The summed E-state index contributed by atoms with van der Waals surface area (Å²) in [6.07, 6.45) is 0.289. The van der Waals surface area contributed by atoms with E-state index in [1.54, 1.807) is 0 Å². The second kappa shape index (κ2) is 9.05. The molecule has 28 heavy (non-hydrogen) atoms. The molecule has 0 aromatic heterocycles. The van der Waals surface area contributed by atoms with Gasteiger partial charge in [0, 0.05) is 0 Å². The number of benzene rings is 3. The van der Waals surface area contributed by atoms with Crippen LogP contribution in [0.4, 0.5) is 0 Å². The van der Waals surface area contributed by atoms with Crippen LogP contribution >= 0.6 is 0 Å². The van der Waals surface area contributed by atoms with Crippen molar-refractivity contribution in [2.75, 3.05) is 0 Å². The smallest absolute Gasteiger partial charge is 0.123 e. The topological polar surface area (TPSA) is 49.7 Å². The normalized spacial score (nSPS) is 12.0. The minimum absolute atomic E-state index is 0.0321. The van der Waals surface area contributed by atoms with Crippen LogP contribution in [0.2, 0.25) is 0 Å². The maximum Gasteiger partial charge on any atom is 0.123 e. The number of aliphatic hydroxyl groups is 2. The van der Waals surface area contributed by atoms with E-state index in [0.717, 1.165) is 44.7 Å². The summed E-state index contributed by atoms with van der Waals surface area (Å²) in [7, 11) is 0. The molecule has 3 aromatic carbocycles. The molecule has 0 saturated heterocycles. The van der Waals surface area contributed by atoms with Crippen molar-refractivity contribution in [1.82, 2.24) is 0 Å². The van der Waals surface area contributed by atoms with Gasteiger partial charge in [-0.25, -0.2) is 0 Å². The molecule has 0 aliphatic carbocycles. The van der Waals surface area contributed by atoms with Crippen molar-refractivity contribution in [3.63, 3.8) is 0 Å². The lowest BCUT2D eigenvalue weighted by atomic mass is 9.93. The molecular formula is C25H28O3. The molecule has 0 bridgehead atoms. The van der Waals surface area contributed by atoms with Crippen molar-refractivity contribution >= 4 is 0 Å². The Kier molecular flexibility index (Phi) is 6.50. The van der Waals surface area contributed by atoms with Gasteiger partial charge in [-0.1, -0.05) is 61.5 Å². The van der Waals surface area contributed by atoms with Gasteiger partial charge in [-0.05, 0) is 65.3 Å². The lowest BCUT2D eigenvalue weighted by molar-refractivity contribution is 0.173. The Morgan fingerprint density at radius 3 is 2.36 bits per heavy atom. The van der Waals surface area contributed by atoms with Gasteiger partial charge in [0.25, 0.3) is 0 Å². The number of rotatable bonds is 7. The van der Waals surface area contributed by atoms with Crippen LogP contribution in [0.15, 0.2) is 60.7 Å². The van der Waals surface area contributed by atoms with Crippen LogP contribution in [0.5, 0.6) is 5.75 Å². The molecule has 2 N–H and O–H groups in total. The first-order valence-corrected chi connectivity index (χ1v) is 9.73. The number of aryl methyl sites for hydroxylation is 1. The van der Waals surface area contributed by atoms with E-state index in [0.29, 0.717) is 13.0 Å². The molecule has 3 rings (SSSR count). The molecule has 3 aromatic rings. The van der Waals surface area contributed by atoms with Gasteiger partial charge in [0.15, 0.2) is 0 Å². The summed E-state index contributed by atoms with van der Waals surface area (Å²) in [5.41, 5.74) is 7.39. The third-order valence-corrected chi connectivity index (χ3v) is 5.16. The van der Waals surface area contributed by atoms with Crippen molar-refractivity contribution < 1.29 is 14.9 Å². The first-order valence-electron chi connectivity index (χ1n) is 9.73. The third-order valence-electron chi connectivity index (χ3n) is 5.16. The van der Waals surface area contributed by atoms with E-state index in [-0.39, 0.29) is 6.61 Å². The zero-order chi connectivity index (χ0) is 20.1. The van der Waals surface area contributed by atoms with Crippen molar-refractivity contribution in [2.24, 2.45) is 0 Å². The van der Waals surface area contributed by atoms with Crippen molar-refractivity contribution in [3.8, 4) is 16.9 Å². The minimum Gasteiger partial charge on any atom is -0.489 e. The average Bonchev–Trinajstić information content (AvgIpc) is 2.72. The quantitative estimate of drug-likeness (QED) is 0.574. The molecule has 1 unspecified atom stereocenters. The molecule has 0 aliphatic rings. The number of hydrogen-bond acceptors (Lipinski definition) is 3. The van der Waals surface area contributed by atoms with Gasteiger partial charge in [-0.3, -0.25) is 0 Å². The SMILES string of the molecule is CCC(O)c1ccc(-c2cccc(OCc3cccc(CO)c3)c2C)c(C)c1. The Morgan fingerprint density at radius 1 is 0.893 bits per heavy atom. The van der Waals surface area contributed by atoms with Gasteiger partial charge in [0.2, 0.25) is 0 Å². The Balaban J connectivity index is 1.85. The second-order valence-electron chi connectivity index (χ2n) is 7.19. The molecule has 0 saturated carbocycles. The Bertz CT molecular complexity index is 946. The van der Waals surface area contributed by atoms with Crippen LogP contribution in [0.1, 0.15) is 47.3 Å². The molecule has 0 radical (unpaired) electrons. The fourth-order valence-electron chi connectivity index (χ4n) is 3.47. The average molecular weight is 376 g/mol. The van der Waals surface area contributed by atoms with Gasteiger partial charge >= 0.3 is 0 Å². The highest BCUT2D eigenvalue weighted by Gasteiger charge is 2.12. The molecule has 0 spiro atoms. The molecule has 0 heterocycles. The van der Waals surface area contributed by atoms with Gasteiger partial charge in [0.1, 0.15) is 12.4 Å². The number of aliphatic hydroxyl groups excluding tert-OH is 2. The second-order valence-corrected chi connectivity index (χ2v) is 7.19. The maximum absolute atomic E-state index is 10.1. The predicted octanol–water partition coefficient (Wildman–Crippen LogP) is 5.49. The summed E-state index contributed by atoms with van der Waals surface area (Å²) >= 11 is 0. The first-order chi connectivity index (χ1) is 13.5. The van der Waals surface area contributed by atoms with E-state index < -0.39 is 6.10 Å². The standard InChI is InChI=1S/C25H28O3/c1-4-24(27)21-11-12-22(17(2)13-21)23-9-6-10-25(18(23)3)28-16-20-8-5-7-19(14-20)15-26/h5-14,24,26-27H,4,15-16H2,1-3H3. The minimum atomic E-state index is -0.418. The van der Waals surface area contributed by atoms with Gasteiger partial charge < -0.3 is 14.9 Å². The highest BCUT2D eigenvalue weighted by molar-refractivity contribution is 5.73. The lowest BCUT2D eigenvalue weighted by Crippen LogP contribution is -2.00. The molecule has 0 amide bonds. The van der Waals surface area contributed by atoms with Crippen LogP contribution in [0.25, 0.3) is 11.1 Å². The molecular weight excluding hydrogens is 348 g/mol. The Hall–Kier alpha value is -2.62. The fraction of sp³-hybridized carbons (Fsp3) is 0.280. The van der Waals surface area contributed by atoms with E-state index in [4.69, 9.17) is 4.74 Å². The van der Waals surface area contributed by atoms with Crippen molar-refractivity contribution in [3.05, 3.63) is 88.5 Å². The number of hydrogen-bond donors (Lipinski definition) is 2. The summed E-state index contributed by atoms with van der Waals surface area (Å²) in [5.74, 6) is 0.851. The summed E-state index contributed by atoms with van der Waals surface area (Å²) in [6.45, 7) is 6.62. The van der Waals surface area contributed by atoms with Crippen LogP contribution in [0, 0.1) is 13.8 Å². The molecule has 3 nitrogen and oxygen atoms in total. The van der Waals surface area contributed by atoms with Gasteiger partial charge in [-0.15, -0.1) is 0 Å². The fourth-order valence-corrected chi connectivity index (χ4v) is 3.47. The van der Waals surface area contributed by atoms with E-state index in [1.807, 2.05) is 49.4 Å². The summed E-state index contributed by atoms with van der Waals surface area (Å²) in [6, 6.07) is 20.0. The van der Waals surface area contributed by atoms with Crippen LogP contribution in [-0.4, -0.2) is 10.2 Å². The molecule has 3 heteroatoms. The zero-order valence-corrected chi connectivity index (χ0v) is 16.8. The zero-order valence-electron chi connectivity index (χ0n) is 16.8. The maximum atomic E-state index is 10.1. The van der Waals surface area contributed by atoms with Crippen LogP contribution in [-0.2, 0) is 13.2 Å². The monoisotopic (exact) mass is 376 g/mol. The van der Waals surface area contributed by atoms with Crippen LogP contribution in [0.3, 0.4) is 0 Å². The first kappa shape index (κ1) is 20.1. The predicted molar refractivity (Wildman–Crippen MR) is 113 cm³/mol. The summed E-state index contributed by atoms with van der Waals surface area (Å²) in [4.78, 5) is 0. The Labute approximate surface area is 167 Å². The highest BCUT2D eigenvalue weighted by Crippen LogP contribution is 2.33. The van der Waals surface area contributed by atoms with E-state index >= 15 is 0 Å². The van der Waals surface area contributed by atoms with E-state index in [2.05, 4.69) is 32.0 Å². The largest absolute Gasteiger partial charge is 0.489 e. The summed E-state index contributed by atoms with van der Waals surface area (Å²) < 4.78 is 6.08. The lowest BCUT2D eigenvalue weighted by Gasteiger charge is -2.16. The number of ether oxygens (including phenoxy) is 1. The van der Waals surface area contributed by atoms with Gasteiger partial charge in [0.05, 0.1) is 12.7 Å². The highest BCUT2D eigenvalue weighted by atomic mass is 16.5. The summed E-state index contributed by atoms with van der Waals surface area (Å²) in [5, 5.41) is 19.4. The van der Waals surface area contributed by atoms with E-state index in [9.17, 15) is 10.2 Å². The molecule has 0 aliphatic heterocycles. The van der Waals surface area contributed by atoms with Crippen LogP contribution < -0.4 is 4.74 Å². The van der Waals surface area contributed by atoms with Gasteiger partial charge in [-0.2, -0.15) is 0 Å². The van der Waals surface area contributed by atoms with E-state index in [1.165, 1.54) is 0 Å².